The van der Waals surface area contributed by atoms with Gasteiger partial charge in [-0.15, -0.1) is 0 Å². The average Bonchev–Trinajstić information content (AvgIpc) is 2.76. The van der Waals surface area contributed by atoms with Crippen molar-refractivity contribution in [1.82, 2.24) is 0 Å². The molecule has 21 heavy (non-hydrogen) atoms. The molecule has 0 saturated carbocycles. The number of imide groups is 1. The summed E-state index contributed by atoms with van der Waals surface area (Å²) in [7, 11) is 0. The fourth-order valence-corrected chi connectivity index (χ4v) is 4.28. The lowest BCUT2D eigenvalue weighted by atomic mass is 9.87. The third kappa shape index (κ3) is 2.79. The van der Waals surface area contributed by atoms with Gasteiger partial charge in [0.25, 0.3) is 0 Å². The molecular formula is C15H14BrNO3S. The van der Waals surface area contributed by atoms with Crippen molar-refractivity contribution in [3.8, 4) is 0 Å². The third-order valence-electron chi connectivity index (χ3n) is 3.96. The van der Waals surface area contributed by atoms with Gasteiger partial charge in [-0.1, -0.05) is 15.9 Å². The van der Waals surface area contributed by atoms with E-state index in [9.17, 15) is 14.4 Å². The van der Waals surface area contributed by atoms with Crippen LogP contribution in [0.2, 0.25) is 0 Å². The topological polar surface area (TPSA) is 54.5 Å². The van der Waals surface area contributed by atoms with Crippen LogP contribution in [0, 0.1) is 11.8 Å². The first-order chi connectivity index (χ1) is 10.1. The largest absolute Gasteiger partial charge is 0.299 e. The van der Waals surface area contributed by atoms with Crippen molar-refractivity contribution in [1.29, 1.82) is 0 Å². The van der Waals surface area contributed by atoms with Gasteiger partial charge in [0.15, 0.2) is 0 Å². The lowest BCUT2D eigenvalue weighted by Gasteiger charge is -2.24. The van der Waals surface area contributed by atoms with Crippen molar-refractivity contribution in [3.05, 3.63) is 28.7 Å². The Morgan fingerprint density at radius 1 is 1.10 bits per heavy atom. The van der Waals surface area contributed by atoms with E-state index in [0.717, 1.165) is 10.2 Å². The van der Waals surface area contributed by atoms with Crippen LogP contribution in [0.1, 0.15) is 12.8 Å². The van der Waals surface area contributed by atoms with Gasteiger partial charge >= 0.3 is 0 Å². The molecule has 1 aromatic rings. The Balaban J connectivity index is 1.85. The van der Waals surface area contributed by atoms with Gasteiger partial charge in [0.2, 0.25) is 11.8 Å². The van der Waals surface area contributed by atoms with Gasteiger partial charge in [-0.05, 0) is 24.3 Å². The number of ketones is 1. The van der Waals surface area contributed by atoms with E-state index < -0.39 is 5.92 Å². The van der Waals surface area contributed by atoms with Gasteiger partial charge in [0, 0.05) is 34.7 Å². The Hall–Kier alpha value is -1.14. The second-order valence-corrected chi connectivity index (χ2v) is 7.32. The smallest absolute Gasteiger partial charge is 0.238 e. The Bertz CT molecular complexity index is 601. The number of amides is 2. The second-order valence-electron chi connectivity index (χ2n) is 5.25. The number of anilines is 1. The maximum Gasteiger partial charge on any atom is 0.238 e. The van der Waals surface area contributed by atoms with Gasteiger partial charge in [0.1, 0.15) is 5.78 Å². The standard InChI is InChI=1S/C15H14BrNO3S/c16-9-1-3-10(4-2-9)17-14(19)7-11(15(17)20)12-8-21-6-5-13(12)18/h1-4,11-12H,5-8H2/t11-,12?/m1/s1. The predicted molar refractivity (Wildman–Crippen MR) is 85.2 cm³/mol. The minimum absolute atomic E-state index is 0.123. The number of nitrogens with zero attached hydrogens (tertiary/aromatic N) is 1. The molecule has 6 heteroatoms. The number of benzene rings is 1. The summed E-state index contributed by atoms with van der Waals surface area (Å²) >= 11 is 5.02. The van der Waals surface area contributed by atoms with Crippen LogP contribution >= 0.6 is 27.7 Å². The summed E-state index contributed by atoms with van der Waals surface area (Å²) < 4.78 is 0.890. The first-order valence-electron chi connectivity index (χ1n) is 6.81. The van der Waals surface area contributed by atoms with Crippen LogP contribution < -0.4 is 4.90 Å². The zero-order chi connectivity index (χ0) is 15.0. The van der Waals surface area contributed by atoms with E-state index in [4.69, 9.17) is 0 Å². The van der Waals surface area contributed by atoms with Crippen LogP contribution in [0.4, 0.5) is 5.69 Å². The summed E-state index contributed by atoms with van der Waals surface area (Å²) in [6.45, 7) is 0. The predicted octanol–water partition coefficient (Wildman–Crippen LogP) is 2.65. The summed E-state index contributed by atoms with van der Waals surface area (Å²) in [5.74, 6) is 0.357. The van der Waals surface area contributed by atoms with Crippen LogP contribution in [0.25, 0.3) is 0 Å². The molecule has 2 atom stereocenters. The molecular weight excluding hydrogens is 354 g/mol. The molecule has 2 heterocycles. The summed E-state index contributed by atoms with van der Waals surface area (Å²) in [4.78, 5) is 38.0. The van der Waals surface area contributed by atoms with E-state index >= 15 is 0 Å². The number of halogens is 1. The molecule has 110 valence electrons. The van der Waals surface area contributed by atoms with Gasteiger partial charge < -0.3 is 0 Å². The fraction of sp³-hybridized carbons (Fsp3) is 0.400. The number of hydrogen-bond acceptors (Lipinski definition) is 4. The molecule has 0 aliphatic carbocycles. The lowest BCUT2D eigenvalue weighted by Crippen LogP contribution is -2.36. The van der Waals surface area contributed by atoms with Crippen LogP contribution in [-0.4, -0.2) is 29.1 Å². The molecule has 1 aromatic carbocycles. The Morgan fingerprint density at radius 2 is 1.81 bits per heavy atom. The quantitative estimate of drug-likeness (QED) is 0.754. The first kappa shape index (κ1) is 14.8. The number of carbonyl (C=O) groups is 3. The van der Waals surface area contributed by atoms with E-state index in [-0.39, 0.29) is 29.9 Å². The minimum Gasteiger partial charge on any atom is -0.299 e. The molecule has 2 aliphatic heterocycles. The number of Topliss-reactive ketones (excluding diaryl/α,β-unsaturated/α-hetero) is 1. The molecule has 2 saturated heterocycles. The highest BCUT2D eigenvalue weighted by Crippen LogP contribution is 2.35. The summed E-state index contributed by atoms with van der Waals surface area (Å²) in [5, 5.41) is 0. The molecule has 2 aliphatic rings. The number of rotatable bonds is 2. The first-order valence-corrected chi connectivity index (χ1v) is 8.75. The lowest BCUT2D eigenvalue weighted by molar-refractivity contribution is -0.129. The number of carbonyl (C=O) groups excluding carboxylic acids is 3. The molecule has 0 aromatic heterocycles. The van der Waals surface area contributed by atoms with Crippen molar-refractivity contribution in [2.24, 2.45) is 11.8 Å². The van der Waals surface area contributed by atoms with Crippen molar-refractivity contribution in [3.63, 3.8) is 0 Å². The minimum atomic E-state index is -0.485. The van der Waals surface area contributed by atoms with Crippen LogP contribution in [0.15, 0.2) is 28.7 Å². The van der Waals surface area contributed by atoms with Gasteiger partial charge in [-0.25, -0.2) is 0 Å². The molecule has 2 fully saturated rings. The summed E-state index contributed by atoms with van der Waals surface area (Å²) in [5.41, 5.74) is 0.576. The van der Waals surface area contributed by atoms with Crippen LogP contribution in [0.3, 0.4) is 0 Å². The van der Waals surface area contributed by atoms with Crippen molar-refractivity contribution in [2.75, 3.05) is 16.4 Å². The zero-order valence-electron chi connectivity index (χ0n) is 11.3. The van der Waals surface area contributed by atoms with Crippen molar-refractivity contribution in [2.45, 2.75) is 12.8 Å². The third-order valence-corrected chi connectivity index (χ3v) is 5.57. The van der Waals surface area contributed by atoms with Crippen molar-refractivity contribution < 1.29 is 14.4 Å². The van der Waals surface area contributed by atoms with Gasteiger partial charge in [-0.3, -0.25) is 19.3 Å². The van der Waals surface area contributed by atoms with E-state index in [1.807, 2.05) is 0 Å². The van der Waals surface area contributed by atoms with Gasteiger partial charge in [0.05, 0.1) is 11.6 Å². The monoisotopic (exact) mass is 367 g/mol. The molecule has 1 unspecified atom stereocenters. The second kappa shape index (κ2) is 5.93. The number of thioether (sulfide) groups is 1. The molecule has 0 spiro atoms. The SMILES string of the molecule is O=C1CCSCC1[C@H]1CC(=O)N(c2ccc(Br)cc2)C1=O. The fourth-order valence-electron chi connectivity index (χ4n) is 2.83. The summed E-state index contributed by atoms with van der Waals surface area (Å²) in [6, 6.07) is 7.06. The highest BCUT2D eigenvalue weighted by atomic mass is 79.9. The maximum absolute atomic E-state index is 12.6. The molecule has 0 N–H and O–H groups in total. The Kier molecular flexibility index (Phi) is 4.17. The van der Waals surface area contributed by atoms with Crippen LogP contribution in [-0.2, 0) is 14.4 Å². The van der Waals surface area contributed by atoms with Crippen LogP contribution in [0.5, 0.6) is 0 Å². The molecule has 0 bridgehead atoms. The zero-order valence-corrected chi connectivity index (χ0v) is 13.7. The molecule has 0 radical (unpaired) electrons. The van der Waals surface area contributed by atoms with E-state index in [0.29, 0.717) is 17.9 Å². The van der Waals surface area contributed by atoms with E-state index in [2.05, 4.69) is 15.9 Å². The maximum atomic E-state index is 12.6. The molecule has 3 rings (SSSR count). The Morgan fingerprint density at radius 3 is 2.48 bits per heavy atom. The highest BCUT2D eigenvalue weighted by molar-refractivity contribution is 9.10. The highest BCUT2D eigenvalue weighted by Gasteiger charge is 2.46. The van der Waals surface area contributed by atoms with Gasteiger partial charge in [-0.2, -0.15) is 11.8 Å². The van der Waals surface area contributed by atoms with E-state index in [1.54, 1.807) is 36.0 Å². The summed E-state index contributed by atoms with van der Waals surface area (Å²) in [6.07, 6.45) is 0.650. The Labute approximate surface area is 135 Å². The van der Waals surface area contributed by atoms with E-state index in [1.165, 1.54) is 4.90 Å². The molecule has 4 nitrogen and oxygen atoms in total. The van der Waals surface area contributed by atoms with Crippen molar-refractivity contribution >= 4 is 51.0 Å². The average molecular weight is 368 g/mol. The normalized spacial score (nSPS) is 26.5. The molecule has 2 amide bonds. The number of hydrogen-bond donors (Lipinski definition) is 0.